The summed E-state index contributed by atoms with van der Waals surface area (Å²) in [6, 6.07) is 5.72. The Kier molecular flexibility index (Phi) is 6.25. The average Bonchev–Trinajstić information content (AvgIpc) is 3.28. The zero-order chi connectivity index (χ0) is 20.1. The third-order valence-electron chi connectivity index (χ3n) is 4.28. The minimum atomic E-state index is -0.461. The number of rotatable bonds is 6. The van der Waals surface area contributed by atoms with Crippen LogP contribution in [0.5, 0.6) is 5.75 Å². The van der Waals surface area contributed by atoms with Crippen molar-refractivity contribution in [3.05, 3.63) is 40.4 Å². The van der Waals surface area contributed by atoms with Gasteiger partial charge in [0.05, 0.1) is 12.1 Å². The summed E-state index contributed by atoms with van der Waals surface area (Å²) in [4.78, 5) is 41.6. The van der Waals surface area contributed by atoms with Crippen LogP contribution >= 0.6 is 11.3 Å². The molecule has 3 rings (SSSR count). The second-order valence-corrected chi connectivity index (χ2v) is 7.39. The van der Waals surface area contributed by atoms with Crippen LogP contribution in [0.25, 0.3) is 0 Å². The Morgan fingerprint density at radius 2 is 1.93 bits per heavy atom. The highest BCUT2D eigenvalue weighted by Crippen LogP contribution is 2.25. The van der Waals surface area contributed by atoms with Crippen molar-refractivity contribution < 1.29 is 19.1 Å². The van der Waals surface area contributed by atoms with Crippen molar-refractivity contribution in [2.24, 2.45) is 0 Å². The largest absolute Gasteiger partial charge is 0.483 e. The molecule has 0 radical (unpaired) electrons. The second kappa shape index (κ2) is 8.83. The first-order chi connectivity index (χ1) is 13.4. The molecule has 1 aromatic carbocycles. The van der Waals surface area contributed by atoms with E-state index in [4.69, 9.17) is 4.74 Å². The van der Waals surface area contributed by atoms with Crippen molar-refractivity contribution in [1.82, 2.24) is 15.8 Å². The number of hydrogen-bond donors (Lipinski definition) is 2. The summed E-state index contributed by atoms with van der Waals surface area (Å²) in [7, 11) is 0. The number of hydrazine groups is 1. The molecule has 2 aromatic rings. The number of aromatic nitrogens is 1. The first-order valence-electron chi connectivity index (χ1n) is 8.95. The molecule has 0 atom stereocenters. The van der Waals surface area contributed by atoms with E-state index < -0.39 is 11.8 Å². The number of anilines is 1. The summed E-state index contributed by atoms with van der Waals surface area (Å²) in [6.45, 7) is 4.26. The summed E-state index contributed by atoms with van der Waals surface area (Å²) in [5, 5.41) is 2.35. The number of aryl methyl sites for hydroxylation is 2. The molecule has 2 heterocycles. The number of hydrogen-bond acceptors (Lipinski definition) is 6. The lowest BCUT2D eigenvalue weighted by Crippen LogP contribution is -2.44. The van der Waals surface area contributed by atoms with Gasteiger partial charge in [-0.25, -0.2) is 4.98 Å². The molecular formula is C19H22N4O4S. The van der Waals surface area contributed by atoms with Gasteiger partial charge in [-0.2, -0.15) is 0 Å². The third kappa shape index (κ3) is 4.86. The highest BCUT2D eigenvalue weighted by Gasteiger charge is 2.24. The number of ether oxygens (including phenoxy) is 1. The van der Waals surface area contributed by atoms with E-state index in [1.165, 1.54) is 11.3 Å². The summed E-state index contributed by atoms with van der Waals surface area (Å²) in [5.74, 6) is -0.139. The van der Waals surface area contributed by atoms with E-state index in [0.29, 0.717) is 29.5 Å². The van der Waals surface area contributed by atoms with Crippen LogP contribution in [-0.2, 0) is 20.8 Å². The maximum absolute atomic E-state index is 12.0. The number of benzene rings is 1. The van der Waals surface area contributed by atoms with Gasteiger partial charge in [0.2, 0.25) is 11.8 Å². The lowest BCUT2D eigenvalue weighted by atomic mass is 10.1. The van der Waals surface area contributed by atoms with Crippen molar-refractivity contribution in [3.63, 3.8) is 0 Å². The molecule has 8 nitrogen and oxygen atoms in total. The molecule has 0 spiro atoms. The van der Waals surface area contributed by atoms with Gasteiger partial charge < -0.3 is 4.74 Å². The number of thiazole rings is 1. The number of amides is 3. The molecule has 1 fully saturated rings. The van der Waals surface area contributed by atoms with Crippen LogP contribution in [0.2, 0.25) is 0 Å². The van der Waals surface area contributed by atoms with Crippen LogP contribution in [0, 0.1) is 13.8 Å². The maximum atomic E-state index is 12.0. The van der Waals surface area contributed by atoms with Crippen molar-refractivity contribution in [2.75, 3.05) is 18.1 Å². The van der Waals surface area contributed by atoms with Crippen molar-refractivity contribution in [3.8, 4) is 5.75 Å². The zero-order valence-corrected chi connectivity index (χ0v) is 16.6. The zero-order valence-electron chi connectivity index (χ0n) is 15.8. The van der Waals surface area contributed by atoms with Gasteiger partial charge in [-0.15, -0.1) is 11.3 Å². The van der Waals surface area contributed by atoms with E-state index in [-0.39, 0.29) is 18.9 Å². The summed E-state index contributed by atoms with van der Waals surface area (Å²) < 4.78 is 5.54. The predicted octanol–water partition coefficient (Wildman–Crippen LogP) is 1.66. The fraction of sp³-hybridized carbons (Fsp3) is 0.368. The highest BCUT2D eigenvalue weighted by atomic mass is 32.1. The highest BCUT2D eigenvalue weighted by molar-refractivity contribution is 7.14. The van der Waals surface area contributed by atoms with Gasteiger partial charge in [0.25, 0.3) is 5.91 Å². The van der Waals surface area contributed by atoms with E-state index in [1.807, 2.05) is 32.0 Å². The molecule has 0 unspecified atom stereocenters. The SMILES string of the molecule is Cc1cccc(C)c1OCC(=O)NNC(=O)Cc1csc(N2CCCC2=O)n1. The Morgan fingerprint density at radius 3 is 2.61 bits per heavy atom. The Bertz CT molecular complexity index is 876. The van der Waals surface area contributed by atoms with Gasteiger partial charge in [0, 0.05) is 18.3 Å². The van der Waals surface area contributed by atoms with E-state index in [9.17, 15) is 14.4 Å². The molecule has 9 heteroatoms. The maximum Gasteiger partial charge on any atom is 0.276 e. The summed E-state index contributed by atoms with van der Waals surface area (Å²) >= 11 is 1.33. The van der Waals surface area contributed by atoms with Gasteiger partial charge in [-0.3, -0.25) is 30.1 Å². The fourth-order valence-corrected chi connectivity index (χ4v) is 3.77. The Labute approximate surface area is 166 Å². The van der Waals surface area contributed by atoms with E-state index in [1.54, 1.807) is 10.3 Å². The van der Waals surface area contributed by atoms with E-state index >= 15 is 0 Å². The van der Waals surface area contributed by atoms with Gasteiger partial charge in [0.15, 0.2) is 11.7 Å². The van der Waals surface area contributed by atoms with Crippen LogP contribution in [-0.4, -0.2) is 35.9 Å². The molecular weight excluding hydrogens is 380 g/mol. The lowest BCUT2D eigenvalue weighted by Gasteiger charge is -2.12. The Hall–Kier alpha value is -2.94. The van der Waals surface area contributed by atoms with Crippen LogP contribution < -0.4 is 20.5 Å². The van der Waals surface area contributed by atoms with Crippen molar-refractivity contribution in [1.29, 1.82) is 0 Å². The lowest BCUT2D eigenvalue weighted by molar-refractivity contribution is -0.129. The molecule has 1 aliphatic heterocycles. The van der Waals surface area contributed by atoms with Crippen LogP contribution in [0.3, 0.4) is 0 Å². The van der Waals surface area contributed by atoms with Crippen LogP contribution in [0.15, 0.2) is 23.6 Å². The third-order valence-corrected chi connectivity index (χ3v) is 5.20. The predicted molar refractivity (Wildman–Crippen MR) is 105 cm³/mol. The molecule has 148 valence electrons. The standard InChI is InChI=1S/C19H22N4O4S/c1-12-5-3-6-13(2)18(12)27-10-16(25)22-21-15(24)9-14-11-28-19(20-14)23-8-4-7-17(23)26/h3,5-6,11H,4,7-10H2,1-2H3,(H,21,24)(H,22,25). The van der Waals surface area contributed by atoms with Gasteiger partial charge in [-0.1, -0.05) is 18.2 Å². The smallest absolute Gasteiger partial charge is 0.276 e. The Morgan fingerprint density at radius 1 is 1.21 bits per heavy atom. The number of nitrogens with zero attached hydrogens (tertiary/aromatic N) is 2. The van der Waals surface area contributed by atoms with Gasteiger partial charge >= 0.3 is 0 Å². The molecule has 2 N–H and O–H groups in total. The van der Waals surface area contributed by atoms with Gasteiger partial charge in [0.1, 0.15) is 5.75 Å². The molecule has 28 heavy (non-hydrogen) atoms. The monoisotopic (exact) mass is 402 g/mol. The minimum absolute atomic E-state index is 0.0105. The van der Waals surface area contributed by atoms with Crippen LogP contribution in [0.1, 0.15) is 29.7 Å². The summed E-state index contributed by atoms with van der Waals surface area (Å²) in [5.41, 5.74) is 7.11. The quantitative estimate of drug-likeness (QED) is 0.716. The fourth-order valence-electron chi connectivity index (χ4n) is 2.90. The average molecular weight is 402 g/mol. The first-order valence-corrected chi connectivity index (χ1v) is 9.83. The molecule has 1 aliphatic rings. The molecule has 0 aliphatic carbocycles. The topological polar surface area (TPSA) is 101 Å². The molecule has 1 aromatic heterocycles. The summed E-state index contributed by atoms with van der Waals surface area (Å²) in [6.07, 6.45) is 1.37. The van der Waals surface area contributed by atoms with E-state index in [2.05, 4.69) is 15.8 Å². The second-order valence-electron chi connectivity index (χ2n) is 6.55. The van der Waals surface area contributed by atoms with Crippen molar-refractivity contribution in [2.45, 2.75) is 33.1 Å². The number of nitrogens with one attached hydrogen (secondary N) is 2. The first kappa shape index (κ1) is 19.8. The number of para-hydroxylation sites is 1. The number of carbonyl (C=O) groups excluding carboxylic acids is 3. The minimum Gasteiger partial charge on any atom is -0.483 e. The Balaban J connectivity index is 1.43. The van der Waals surface area contributed by atoms with Crippen LogP contribution in [0.4, 0.5) is 5.13 Å². The van der Waals surface area contributed by atoms with Gasteiger partial charge in [-0.05, 0) is 31.4 Å². The molecule has 0 bridgehead atoms. The normalized spacial score (nSPS) is 13.5. The van der Waals surface area contributed by atoms with E-state index in [0.717, 1.165) is 17.5 Å². The van der Waals surface area contributed by atoms with Crippen molar-refractivity contribution >= 4 is 34.2 Å². The molecule has 3 amide bonds. The number of carbonyl (C=O) groups is 3. The molecule has 0 saturated carbocycles. The molecule has 1 saturated heterocycles.